The van der Waals surface area contributed by atoms with Gasteiger partial charge < -0.3 is 5.32 Å². The van der Waals surface area contributed by atoms with Crippen LogP contribution in [0.2, 0.25) is 0 Å². The van der Waals surface area contributed by atoms with Crippen LogP contribution in [0.15, 0.2) is 60.8 Å². The van der Waals surface area contributed by atoms with Crippen molar-refractivity contribution in [1.82, 2.24) is 15.3 Å². The quantitative estimate of drug-likeness (QED) is 0.783. The van der Waals surface area contributed by atoms with Crippen LogP contribution >= 0.6 is 0 Å². The fourth-order valence-electron chi connectivity index (χ4n) is 2.20. The smallest absolute Gasteiger partial charge is 0.0705 e. The van der Waals surface area contributed by atoms with E-state index in [0.29, 0.717) is 0 Å². The first kappa shape index (κ1) is 12.8. The number of hydrogen-bond donors (Lipinski definition) is 1. The van der Waals surface area contributed by atoms with Gasteiger partial charge in [0.2, 0.25) is 0 Å². The van der Waals surface area contributed by atoms with Gasteiger partial charge in [-0.25, -0.2) is 0 Å². The minimum atomic E-state index is 0.212. The van der Waals surface area contributed by atoms with Crippen LogP contribution in [-0.2, 0) is 6.54 Å². The summed E-state index contributed by atoms with van der Waals surface area (Å²) in [7, 11) is 0. The first-order valence-electron chi connectivity index (χ1n) is 6.82. The lowest BCUT2D eigenvalue weighted by molar-refractivity contribution is 0.556. The lowest BCUT2D eigenvalue weighted by Gasteiger charge is -2.13. The van der Waals surface area contributed by atoms with Crippen molar-refractivity contribution in [2.75, 3.05) is 0 Å². The van der Waals surface area contributed by atoms with E-state index in [9.17, 15) is 0 Å². The maximum absolute atomic E-state index is 4.66. The van der Waals surface area contributed by atoms with Crippen molar-refractivity contribution < 1.29 is 0 Å². The number of benzene rings is 1. The van der Waals surface area contributed by atoms with Crippen LogP contribution in [-0.4, -0.2) is 9.97 Å². The highest BCUT2D eigenvalue weighted by molar-refractivity contribution is 5.78. The SMILES string of the molecule is C[C@H](NCc1ccc2ccccc2n1)c1ccccn1. The summed E-state index contributed by atoms with van der Waals surface area (Å²) in [6.07, 6.45) is 1.82. The van der Waals surface area contributed by atoms with Gasteiger partial charge in [0, 0.05) is 24.2 Å². The molecule has 0 radical (unpaired) electrons. The maximum Gasteiger partial charge on any atom is 0.0705 e. The minimum Gasteiger partial charge on any atom is -0.303 e. The summed E-state index contributed by atoms with van der Waals surface area (Å²) in [5, 5.41) is 4.63. The molecule has 0 unspecified atom stereocenters. The Kier molecular flexibility index (Phi) is 3.70. The van der Waals surface area contributed by atoms with Crippen molar-refractivity contribution in [2.24, 2.45) is 0 Å². The van der Waals surface area contributed by atoms with Crippen LogP contribution in [0.1, 0.15) is 24.4 Å². The van der Waals surface area contributed by atoms with Gasteiger partial charge in [0.15, 0.2) is 0 Å². The van der Waals surface area contributed by atoms with Crippen LogP contribution in [0, 0.1) is 0 Å². The van der Waals surface area contributed by atoms with Gasteiger partial charge in [0.25, 0.3) is 0 Å². The van der Waals surface area contributed by atoms with E-state index in [0.717, 1.165) is 23.4 Å². The number of nitrogens with zero attached hydrogens (tertiary/aromatic N) is 2. The number of fused-ring (bicyclic) bond motifs is 1. The predicted molar refractivity (Wildman–Crippen MR) is 81.2 cm³/mol. The van der Waals surface area contributed by atoms with Gasteiger partial charge in [-0.2, -0.15) is 0 Å². The molecule has 0 fully saturated rings. The highest BCUT2D eigenvalue weighted by Gasteiger charge is 2.06. The Bertz CT molecular complexity index is 695. The third kappa shape index (κ3) is 2.83. The molecule has 0 aliphatic carbocycles. The fraction of sp³-hybridized carbons (Fsp3) is 0.176. The average Bonchev–Trinajstić information content (AvgIpc) is 2.53. The molecule has 0 spiro atoms. The van der Waals surface area contributed by atoms with Gasteiger partial charge in [-0.15, -0.1) is 0 Å². The Balaban J connectivity index is 1.70. The molecule has 0 bridgehead atoms. The van der Waals surface area contributed by atoms with E-state index in [-0.39, 0.29) is 6.04 Å². The molecule has 0 aliphatic heterocycles. The maximum atomic E-state index is 4.66. The van der Waals surface area contributed by atoms with Crippen LogP contribution in [0.25, 0.3) is 10.9 Å². The van der Waals surface area contributed by atoms with E-state index in [1.165, 1.54) is 5.39 Å². The molecule has 3 nitrogen and oxygen atoms in total. The highest BCUT2D eigenvalue weighted by Crippen LogP contribution is 2.13. The topological polar surface area (TPSA) is 37.8 Å². The van der Waals surface area contributed by atoms with E-state index in [1.54, 1.807) is 0 Å². The summed E-state index contributed by atoms with van der Waals surface area (Å²) in [4.78, 5) is 9.02. The number of pyridine rings is 2. The predicted octanol–water partition coefficient (Wildman–Crippen LogP) is 3.48. The molecule has 1 atom stereocenters. The molecule has 0 amide bonds. The Morgan fingerprint density at radius 3 is 2.70 bits per heavy atom. The highest BCUT2D eigenvalue weighted by atomic mass is 14.9. The van der Waals surface area contributed by atoms with Crippen molar-refractivity contribution in [3.05, 3.63) is 72.2 Å². The second kappa shape index (κ2) is 5.80. The molecule has 2 aromatic heterocycles. The van der Waals surface area contributed by atoms with Crippen LogP contribution in [0.3, 0.4) is 0 Å². The average molecular weight is 263 g/mol. The Morgan fingerprint density at radius 1 is 1.00 bits per heavy atom. The molecule has 3 heteroatoms. The molecule has 0 aliphatic rings. The molecule has 2 heterocycles. The Morgan fingerprint density at radius 2 is 1.85 bits per heavy atom. The largest absolute Gasteiger partial charge is 0.303 e. The second-order valence-electron chi connectivity index (χ2n) is 4.85. The van der Waals surface area contributed by atoms with Crippen molar-refractivity contribution in [2.45, 2.75) is 19.5 Å². The number of rotatable bonds is 4. The molecule has 100 valence electrons. The molecule has 0 saturated heterocycles. The van der Waals surface area contributed by atoms with Gasteiger partial charge in [-0.3, -0.25) is 9.97 Å². The van der Waals surface area contributed by atoms with Crippen molar-refractivity contribution in [3.63, 3.8) is 0 Å². The first-order chi connectivity index (χ1) is 9.83. The van der Waals surface area contributed by atoms with E-state index in [4.69, 9.17) is 0 Å². The van der Waals surface area contributed by atoms with E-state index in [2.05, 4.69) is 40.4 Å². The molecule has 0 saturated carbocycles. The zero-order chi connectivity index (χ0) is 13.8. The zero-order valence-corrected chi connectivity index (χ0v) is 11.5. The standard InChI is InChI=1S/C17H17N3/c1-13(16-7-4-5-11-18-16)19-12-15-10-9-14-6-2-3-8-17(14)20-15/h2-11,13,19H,12H2,1H3/t13-/m0/s1. The van der Waals surface area contributed by atoms with Gasteiger partial charge in [-0.05, 0) is 31.2 Å². The third-order valence-electron chi connectivity index (χ3n) is 3.38. The molecule has 20 heavy (non-hydrogen) atoms. The summed E-state index contributed by atoms with van der Waals surface area (Å²) in [6.45, 7) is 2.85. The second-order valence-corrected chi connectivity index (χ2v) is 4.85. The van der Waals surface area contributed by atoms with Gasteiger partial charge in [-0.1, -0.05) is 30.3 Å². The van der Waals surface area contributed by atoms with Crippen molar-refractivity contribution in [1.29, 1.82) is 0 Å². The molecular weight excluding hydrogens is 246 g/mol. The van der Waals surface area contributed by atoms with E-state index < -0.39 is 0 Å². The Labute approximate surface area is 118 Å². The lowest BCUT2D eigenvalue weighted by atomic mass is 10.2. The van der Waals surface area contributed by atoms with E-state index >= 15 is 0 Å². The monoisotopic (exact) mass is 263 g/mol. The molecule has 1 N–H and O–H groups in total. The summed E-state index contributed by atoms with van der Waals surface area (Å²) < 4.78 is 0. The number of nitrogens with one attached hydrogen (secondary N) is 1. The molecular formula is C17H17N3. The van der Waals surface area contributed by atoms with Gasteiger partial charge in [0.1, 0.15) is 0 Å². The van der Waals surface area contributed by atoms with Crippen molar-refractivity contribution >= 4 is 10.9 Å². The van der Waals surface area contributed by atoms with Crippen molar-refractivity contribution in [3.8, 4) is 0 Å². The first-order valence-corrected chi connectivity index (χ1v) is 6.82. The molecule has 3 rings (SSSR count). The third-order valence-corrected chi connectivity index (χ3v) is 3.38. The molecule has 3 aromatic rings. The zero-order valence-electron chi connectivity index (χ0n) is 11.5. The normalized spacial score (nSPS) is 12.4. The van der Waals surface area contributed by atoms with Crippen LogP contribution in [0.5, 0.6) is 0 Å². The fourth-order valence-corrected chi connectivity index (χ4v) is 2.20. The number of para-hydroxylation sites is 1. The summed E-state index contributed by atoms with van der Waals surface area (Å²) in [5.41, 5.74) is 3.14. The van der Waals surface area contributed by atoms with Crippen LogP contribution in [0.4, 0.5) is 0 Å². The lowest BCUT2D eigenvalue weighted by Crippen LogP contribution is -2.19. The van der Waals surface area contributed by atoms with E-state index in [1.807, 2.05) is 42.6 Å². The number of aromatic nitrogens is 2. The van der Waals surface area contributed by atoms with Gasteiger partial charge >= 0.3 is 0 Å². The summed E-state index contributed by atoms with van der Waals surface area (Å²) in [6, 6.07) is 18.5. The summed E-state index contributed by atoms with van der Waals surface area (Å²) in [5.74, 6) is 0. The Hall–Kier alpha value is -2.26. The molecule has 1 aromatic carbocycles. The number of hydrogen-bond acceptors (Lipinski definition) is 3. The van der Waals surface area contributed by atoms with Gasteiger partial charge in [0.05, 0.1) is 16.9 Å². The minimum absolute atomic E-state index is 0.212. The summed E-state index contributed by atoms with van der Waals surface area (Å²) >= 11 is 0. The van der Waals surface area contributed by atoms with Crippen LogP contribution < -0.4 is 5.32 Å².